The Morgan fingerprint density at radius 1 is 0.327 bits per heavy atom. The quantitative estimate of drug-likeness (QED) is 0.168. The second-order valence-corrected chi connectivity index (χ2v) is 13.9. The molecule has 3 heterocycles. The van der Waals surface area contributed by atoms with Crippen LogP contribution in [-0.2, 0) is 0 Å². The van der Waals surface area contributed by atoms with Gasteiger partial charge in [-0.15, -0.1) is 0 Å². The van der Waals surface area contributed by atoms with Crippen LogP contribution in [0, 0.1) is 0 Å². The Morgan fingerprint density at radius 2 is 0.800 bits per heavy atom. The van der Waals surface area contributed by atoms with Crippen molar-refractivity contribution >= 4 is 48.7 Å². The van der Waals surface area contributed by atoms with Crippen molar-refractivity contribution in [2.75, 3.05) is 0 Å². The SMILES string of the molecule is c1ccc(-c2nc3ccccn3c2-c2ccc(-c3nc(-c4cc5ccccc5c5ccccc45)nc(-c4cc5ccccc5c5ccccc45)n3)cc2)cc1. The Labute approximate surface area is 316 Å². The van der Waals surface area contributed by atoms with Crippen molar-refractivity contribution in [2.24, 2.45) is 0 Å². The zero-order valence-corrected chi connectivity index (χ0v) is 29.6. The molecule has 0 bridgehead atoms. The van der Waals surface area contributed by atoms with Crippen molar-refractivity contribution < 1.29 is 0 Å². The number of hydrogen-bond donors (Lipinski definition) is 0. The molecule has 0 spiro atoms. The van der Waals surface area contributed by atoms with Gasteiger partial charge < -0.3 is 0 Å². The van der Waals surface area contributed by atoms with Gasteiger partial charge in [-0.3, -0.25) is 4.40 Å². The molecule has 0 radical (unpaired) electrons. The van der Waals surface area contributed by atoms with Crippen molar-refractivity contribution in [3.05, 3.63) is 188 Å². The van der Waals surface area contributed by atoms with E-state index in [-0.39, 0.29) is 0 Å². The molecule has 5 nitrogen and oxygen atoms in total. The number of rotatable bonds is 5. The van der Waals surface area contributed by atoms with Crippen LogP contribution in [0.4, 0.5) is 0 Å². The minimum absolute atomic E-state index is 0.613. The third kappa shape index (κ3) is 5.17. The number of imidazole rings is 1. The van der Waals surface area contributed by atoms with Crippen LogP contribution in [-0.4, -0.2) is 24.3 Å². The van der Waals surface area contributed by atoms with Crippen molar-refractivity contribution in [1.29, 1.82) is 0 Å². The lowest BCUT2D eigenvalue weighted by atomic mass is 9.96. The maximum Gasteiger partial charge on any atom is 0.164 e. The molecular weight excluding hydrogens is 671 g/mol. The Balaban J connectivity index is 1.14. The van der Waals surface area contributed by atoms with Gasteiger partial charge in [-0.2, -0.15) is 0 Å². The fourth-order valence-corrected chi connectivity index (χ4v) is 8.07. The lowest BCUT2D eigenvalue weighted by Gasteiger charge is -2.14. The van der Waals surface area contributed by atoms with E-state index in [1.165, 1.54) is 21.5 Å². The first-order valence-electron chi connectivity index (χ1n) is 18.5. The van der Waals surface area contributed by atoms with E-state index in [1.54, 1.807) is 0 Å². The lowest BCUT2D eigenvalue weighted by molar-refractivity contribution is 1.08. The van der Waals surface area contributed by atoms with E-state index in [0.29, 0.717) is 17.5 Å². The monoisotopic (exact) mass is 701 g/mol. The predicted octanol–water partition coefficient (Wildman–Crippen LogP) is 12.5. The van der Waals surface area contributed by atoms with Crippen LogP contribution >= 0.6 is 0 Å². The zero-order chi connectivity index (χ0) is 36.3. The van der Waals surface area contributed by atoms with E-state index in [4.69, 9.17) is 19.9 Å². The first-order chi connectivity index (χ1) is 27.3. The molecule has 5 heteroatoms. The molecule has 11 aromatic rings. The minimum Gasteiger partial charge on any atom is -0.299 e. The van der Waals surface area contributed by atoms with Gasteiger partial charge in [0.2, 0.25) is 0 Å². The van der Waals surface area contributed by atoms with Gasteiger partial charge in [-0.05, 0) is 67.4 Å². The van der Waals surface area contributed by atoms with Crippen molar-refractivity contribution in [1.82, 2.24) is 24.3 Å². The zero-order valence-electron chi connectivity index (χ0n) is 29.6. The summed E-state index contributed by atoms with van der Waals surface area (Å²) in [6, 6.07) is 63.6. The second kappa shape index (κ2) is 12.6. The summed E-state index contributed by atoms with van der Waals surface area (Å²) in [5, 5.41) is 9.23. The number of fused-ring (bicyclic) bond motifs is 7. The van der Waals surface area contributed by atoms with Gasteiger partial charge in [0.05, 0.1) is 11.4 Å². The van der Waals surface area contributed by atoms with Crippen LogP contribution < -0.4 is 0 Å². The van der Waals surface area contributed by atoms with Gasteiger partial charge in [-0.25, -0.2) is 19.9 Å². The molecule has 0 aliphatic heterocycles. The summed E-state index contributed by atoms with van der Waals surface area (Å²) >= 11 is 0. The number of hydrogen-bond acceptors (Lipinski definition) is 4. The third-order valence-corrected chi connectivity index (χ3v) is 10.6. The summed E-state index contributed by atoms with van der Waals surface area (Å²) in [4.78, 5) is 20.9. The minimum atomic E-state index is 0.613. The van der Waals surface area contributed by atoms with Gasteiger partial charge in [0.15, 0.2) is 17.5 Å². The smallest absolute Gasteiger partial charge is 0.164 e. The fraction of sp³-hybridized carbons (Fsp3) is 0. The van der Waals surface area contributed by atoms with E-state index in [9.17, 15) is 0 Å². The molecule has 55 heavy (non-hydrogen) atoms. The molecule has 0 unspecified atom stereocenters. The van der Waals surface area contributed by atoms with Crippen LogP contribution in [0.3, 0.4) is 0 Å². The first kappa shape index (κ1) is 31.1. The normalized spacial score (nSPS) is 11.6. The first-order valence-corrected chi connectivity index (χ1v) is 18.5. The molecular formula is C50H31N5. The summed E-state index contributed by atoms with van der Waals surface area (Å²) in [5.74, 6) is 1.88. The Morgan fingerprint density at radius 3 is 1.40 bits per heavy atom. The molecule has 3 aromatic heterocycles. The topological polar surface area (TPSA) is 56.0 Å². The van der Waals surface area contributed by atoms with Crippen LogP contribution in [0.1, 0.15) is 0 Å². The summed E-state index contributed by atoms with van der Waals surface area (Å²) in [5.41, 5.74) is 7.85. The Bertz CT molecular complexity index is 3120. The molecule has 8 aromatic carbocycles. The highest BCUT2D eigenvalue weighted by Gasteiger charge is 2.20. The largest absolute Gasteiger partial charge is 0.299 e. The van der Waals surface area contributed by atoms with Crippen LogP contribution in [0.15, 0.2) is 188 Å². The molecule has 0 aliphatic carbocycles. The third-order valence-electron chi connectivity index (χ3n) is 10.6. The Kier molecular flexibility index (Phi) is 7.10. The maximum absolute atomic E-state index is 5.32. The molecule has 0 N–H and O–H groups in total. The van der Waals surface area contributed by atoms with E-state index in [2.05, 4.69) is 168 Å². The molecule has 0 saturated carbocycles. The van der Waals surface area contributed by atoms with Gasteiger partial charge in [0, 0.05) is 34.0 Å². The Hall–Kier alpha value is -7.50. The summed E-state index contributed by atoms with van der Waals surface area (Å²) in [6.45, 7) is 0. The maximum atomic E-state index is 5.32. The summed E-state index contributed by atoms with van der Waals surface area (Å²) in [7, 11) is 0. The van der Waals surface area contributed by atoms with Crippen LogP contribution in [0.5, 0.6) is 0 Å². The fourth-order valence-electron chi connectivity index (χ4n) is 8.07. The van der Waals surface area contributed by atoms with Gasteiger partial charge in [0.1, 0.15) is 5.65 Å². The molecule has 11 rings (SSSR count). The molecule has 0 saturated heterocycles. The lowest BCUT2D eigenvalue weighted by Crippen LogP contribution is -2.01. The van der Waals surface area contributed by atoms with Gasteiger partial charge >= 0.3 is 0 Å². The van der Waals surface area contributed by atoms with E-state index >= 15 is 0 Å². The van der Waals surface area contributed by atoms with Crippen molar-refractivity contribution in [2.45, 2.75) is 0 Å². The number of benzene rings is 8. The number of aromatic nitrogens is 5. The highest BCUT2D eigenvalue weighted by molar-refractivity contribution is 6.14. The van der Waals surface area contributed by atoms with E-state index < -0.39 is 0 Å². The van der Waals surface area contributed by atoms with Crippen LogP contribution in [0.25, 0.3) is 105 Å². The van der Waals surface area contributed by atoms with Crippen LogP contribution in [0.2, 0.25) is 0 Å². The molecule has 0 atom stereocenters. The van der Waals surface area contributed by atoms with Crippen molar-refractivity contribution in [3.63, 3.8) is 0 Å². The van der Waals surface area contributed by atoms with E-state index in [1.807, 2.05) is 24.3 Å². The van der Waals surface area contributed by atoms with E-state index in [0.717, 1.165) is 66.4 Å². The molecule has 0 aliphatic rings. The highest BCUT2D eigenvalue weighted by atomic mass is 15.0. The number of nitrogens with zero attached hydrogens (tertiary/aromatic N) is 5. The summed E-state index contributed by atoms with van der Waals surface area (Å²) in [6.07, 6.45) is 2.07. The average Bonchev–Trinajstić information content (AvgIpc) is 3.66. The van der Waals surface area contributed by atoms with Gasteiger partial charge in [-0.1, -0.05) is 158 Å². The highest BCUT2D eigenvalue weighted by Crippen LogP contribution is 2.39. The van der Waals surface area contributed by atoms with Gasteiger partial charge in [0.25, 0.3) is 0 Å². The predicted molar refractivity (Wildman–Crippen MR) is 226 cm³/mol. The number of pyridine rings is 1. The molecule has 0 fully saturated rings. The van der Waals surface area contributed by atoms with Crippen molar-refractivity contribution in [3.8, 4) is 56.7 Å². The molecule has 0 amide bonds. The summed E-state index contributed by atoms with van der Waals surface area (Å²) < 4.78 is 2.16. The molecule has 256 valence electrons. The second-order valence-electron chi connectivity index (χ2n) is 13.9. The standard InChI is InChI=1S/C50H31N5/c1-2-14-32(15-3-1)46-47(55-29-13-12-24-45(55)51-46)33-25-27-34(28-26-33)48-52-49(43-30-35-16-4-6-18-37(35)39-20-8-10-22-41(39)43)54-50(53-48)44-31-36-17-5-7-19-38(36)40-21-9-11-23-42(40)44/h1-31H. The average molecular weight is 702 g/mol.